The number of amides is 2. The molecular formula is C15H22N4O2. The first-order valence-electron chi connectivity index (χ1n) is 7.11. The number of rotatable bonds is 3. The summed E-state index contributed by atoms with van der Waals surface area (Å²) in [5.74, 6) is -0.236. The van der Waals surface area contributed by atoms with Crippen LogP contribution in [0.1, 0.15) is 23.7 Å². The zero-order chi connectivity index (χ0) is 15.6. The number of carbonyl (C=O) groups excluding carboxylic acids is 2. The minimum atomic E-state index is -0.414. The van der Waals surface area contributed by atoms with Crippen molar-refractivity contribution in [3.05, 3.63) is 23.8 Å². The first-order valence-corrected chi connectivity index (χ1v) is 7.11. The number of anilines is 2. The van der Waals surface area contributed by atoms with Gasteiger partial charge in [-0.15, -0.1) is 0 Å². The Morgan fingerprint density at radius 1 is 1.48 bits per heavy atom. The normalized spacial score (nSPS) is 18.3. The highest BCUT2D eigenvalue weighted by Gasteiger charge is 2.33. The van der Waals surface area contributed by atoms with Crippen LogP contribution in [-0.4, -0.2) is 49.9 Å². The zero-order valence-corrected chi connectivity index (χ0v) is 12.7. The lowest BCUT2D eigenvalue weighted by Crippen LogP contribution is -2.57. The fourth-order valence-electron chi connectivity index (χ4n) is 2.63. The second-order valence-electron chi connectivity index (χ2n) is 5.38. The number of hydrogen-bond donors (Lipinski definition) is 2. The van der Waals surface area contributed by atoms with Crippen molar-refractivity contribution in [2.75, 3.05) is 37.8 Å². The smallest absolute Gasteiger partial charge is 0.256 e. The number of nitrogen functional groups attached to an aromatic ring is 1. The molecule has 1 aromatic rings. The summed E-state index contributed by atoms with van der Waals surface area (Å²) in [5, 5.41) is 2.80. The molecule has 2 amide bonds. The molecule has 1 aromatic carbocycles. The summed E-state index contributed by atoms with van der Waals surface area (Å²) in [6, 6.07) is 4.86. The lowest BCUT2D eigenvalue weighted by molar-refractivity contribution is -0.127. The maximum atomic E-state index is 12.9. The highest BCUT2D eigenvalue weighted by Crippen LogP contribution is 2.24. The lowest BCUT2D eigenvalue weighted by atomic mass is 10.1. The Kier molecular flexibility index (Phi) is 4.35. The highest BCUT2D eigenvalue weighted by molar-refractivity contribution is 6.03. The molecule has 6 heteroatoms. The van der Waals surface area contributed by atoms with Crippen LogP contribution in [0.5, 0.6) is 0 Å². The van der Waals surface area contributed by atoms with E-state index in [9.17, 15) is 9.59 Å². The van der Waals surface area contributed by atoms with Gasteiger partial charge in [0.2, 0.25) is 5.91 Å². The summed E-state index contributed by atoms with van der Waals surface area (Å²) >= 11 is 0. The molecule has 1 atom stereocenters. The van der Waals surface area contributed by atoms with Gasteiger partial charge < -0.3 is 20.9 Å². The van der Waals surface area contributed by atoms with Crippen LogP contribution in [0.25, 0.3) is 0 Å². The molecule has 0 spiro atoms. The SMILES string of the molecule is CCC1C(=O)NCCN1C(=O)c1cc(N)ccc1N(C)C. The first-order chi connectivity index (χ1) is 9.95. The van der Waals surface area contributed by atoms with E-state index in [0.29, 0.717) is 30.8 Å². The van der Waals surface area contributed by atoms with Crippen LogP contribution in [0.15, 0.2) is 18.2 Å². The fraction of sp³-hybridized carbons (Fsp3) is 0.467. The summed E-state index contributed by atoms with van der Waals surface area (Å²) in [7, 11) is 3.75. The Morgan fingerprint density at radius 3 is 2.81 bits per heavy atom. The van der Waals surface area contributed by atoms with Gasteiger partial charge >= 0.3 is 0 Å². The van der Waals surface area contributed by atoms with Crippen LogP contribution in [-0.2, 0) is 4.79 Å². The number of nitrogens with two attached hydrogens (primary N) is 1. The largest absolute Gasteiger partial charge is 0.399 e. The molecule has 0 saturated carbocycles. The third-order valence-corrected chi connectivity index (χ3v) is 3.71. The molecule has 2 rings (SSSR count). The van der Waals surface area contributed by atoms with E-state index >= 15 is 0 Å². The van der Waals surface area contributed by atoms with Crippen LogP contribution in [0.2, 0.25) is 0 Å². The maximum absolute atomic E-state index is 12.9. The number of hydrogen-bond acceptors (Lipinski definition) is 4. The zero-order valence-electron chi connectivity index (χ0n) is 12.7. The third-order valence-electron chi connectivity index (χ3n) is 3.71. The maximum Gasteiger partial charge on any atom is 0.256 e. The molecule has 1 heterocycles. The minimum Gasteiger partial charge on any atom is -0.399 e. The molecule has 1 unspecified atom stereocenters. The van der Waals surface area contributed by atoms with E-state index in [-0.39, 0.29) is 11.8 Å². The molecular weight excluding hydrogens is 268 g/mol. The Bertz CT molecular complexity index is 557. The molecule has 1 aliphatic heterocycles. The summed E-state index contributed by atoms with van der Waals surface area (Å²) < 4.78 is 0. The van der Waals surface area contributed by atoms with Crippen molar-refractivity contribution in [3.8, 4) is 0 Å². The molecule has 0 radical (unpaired) electrons. The van der Waals surface area contributed by atoms with E-state index in [1.165, 1.54) is 0 Å². The molecule has 0 bridgehead atoms. The quantitative estimate of drug-likeness (QED) is 0.803. The van der Waals surface area contributed by atoms with Gasteiger partial charge in [0, 0.05) is 38.6 Å². The number of benzene rings is 1. The van der Waals surface area contributed by atoms with E-state index in [1.807, 2.05) is 32.0 Å². The predicted molar refractivity (Wildman–Crippen MR) is 83.3 cm³/mol. The van der Waals surface area contributed by atoms with Crippen LogP contribution in [0.4, 0.5) is 11.4 Å². The molecule has 114 valence electrons. The van der Waals surface area contributed by atoms with Gasteiger partial charge in [-0.3, -0.25) is 9.59 Å². The standard InChI is InChI=1S/C15H22N4O2/c1-4-12-14(20)17-7-8-19(12)15(21)11-9-10(16)5-6-13(11)18(2)3/h5-6,9,12H,4,7-8,16H2,1-3H3,(H,17,20). The molecule has 0 aliphatic carbocycles. The third kappa shape index (κ3) is 2.94. The Balaban J connectivity index is 2.39. The molecule has 1 aliphatic rings. The van der Waals surface area contributed by atoms with Gasteiger partial charge in [0.1, 0.15) is 6.04 Å². The van der Waals surface area contributed by atoms with Crippen molar-refractivity contribution in [3.63, 3.8) is 0 Å². The van der Waals surface area contributed by atoms with Gasteiger partial charge in [-0.05, 0) is 24.6 Å². The van der Waals surface area contributed by atoms with Crippen LogP contribution in [0.3, 0.4) is 0 Å². The van der Waals surface area contributed by atoms with E-state index in [1.54, 1.807) is 17.0 Å². The Morgan fingerprint density at radius 2 is 2.19 bits per heavy atom. The van der Waals surface area contributed by atoms with E-state index in [2.05, 4.69) is 5.32 Å². The minimum absolute atomic E-state index is 0.0904. The van der Waals surface area contributed by atoms with Gasteiger partial charge in [0.05, 0.1) is 5.56 Å². The van der Waals surface area contributed by atoms with Gasteiger partial charge in [0.15, 0.2) is 0 Å². The van der Waals surface area contributed by atoms with Crippen molar-refractivity contribution in [2.45, 2.75) is 19.4 Å². The monoisotopic (exact) mass is 290 g/mol. The molecule has 21 heavy (non-hydrogen) atoms. The molecule has 3 N–H and O–H groups in total. The average molecular weight is 290 g/mol. The number of piperazine rings is 1. The number of nitrogens with zero attached hydrogens (tertiary/aromatic N) is 2. The lowest BCUT2D eigenvalue weighted by Gasteiger charge is -2.35. The van der Waals surface area contributed by atoms with E-state index < -0.39 is 6.04 Å². The molecule has 0 aromatic heterocycles. The van der Waals surface area contributed by atoms with Crippen LogP contribution in [0, 0.1) is 0 Å². The van der Waals surface area contributed by atoms with Crippen molar-refractivity contribution >= 4 is 23.2 Å². The number of carbonyl (C=O) groups is 2. The second-order valence-corrected chi connectivity index (χ2v) is 5.38. The Labute approximate surface area is 124 Å². The summed E-state index contributed by atoms with van der Waals surface area (Å²) in [6.45, 7) is 2.91. The van der Waals surface area contributed by atoms with Crippen molar-refractivity contribution in [1.29, 1.82) is 0 Å². The molecule has 6 nitrogen and oxygen atoms in total. The van der Waals surface area contributed by atoms with E-state index in [4.69, 9.17) is 5.73 Å². The van der Waals surface area contributed by atoms with Gasteiger partial charge in [-0.2, -0.15) is 0 Å². The topological polar surface area (TPSA) is 78.7 Å². The van der Waals surface area contributed by atoms with Crippen molar-refractivity contribution in [1.82, 2.24) is 10.2 Å². The van der Waals surface area contributed by atoms with E-state index in [0.717, 1.165) is 5.69 Å². The second kappa shape index (κ2) is 6.03. The fourth-order valence-corrected chi connectivity index (χ4v) is 2.63. The summed E-state index contributed by atoms with van der Waals surface area (Å²) in [4.78, 5) is 28.3. The van der Waals surface area contributed by atoms with Gasteiger partial charge in [-0.25, -0.2) is 0 Å². The van der Waals surface area contributed by atoms with Crippen LogP contribution >= 0.6 is 0 Å². The summed E-state index contributed by atoms with van der Waals surface area (Å²) in [6.07, 6.45) is 0.594. The summed E-state index contributed by atoms with van der Waals surface area (Å²) in [5.41, 5.74) is 7.70. The van der Waals surface area contributed by atoms with Gasteiger partial charge in [-0.1, -0.05) is 6.92 Å². The van der Waals surface area contributed by atoms with Crippen molar-refractivity contribution in [2.24, 2.45) is 0 Å². The van der Waals surface area contributed by atoms with Gasteiger partial charge in [0.25, 0.3) is 5.91 Å². The predicted octanol–water partition coefficient (Wildman–Crippen LogP) is 0.685. The molecule has 1 saturated heterocycles. The average Bonchev–Trinajstić information content (AvgIpc) is 2.45. The Hall–Kier alpha value is -2.24. The molecule has 1 fully saturated rings. The van der Waals surface area contributed by atoms with Crippen LogP contribution < -0.4 is 16.0 Å². The first kappa shape index (κ1) is 15.2. The van der Waals surface area contributed by atoms with Crippen molar-refractivity contribution < 1.29 is 9.59 Å². The highest BCUT2D eigenvalue weighted by atomic mass is 16.2. The number of nitrogens with one attached hydrogen (secondary N) is 1.